The maximum absolute atomic E-state index is 12.5. The van der Waals surface area contributed by atoms with Crippen molar-refractivity contribution in [1.82, 2.24) is 0 Å². The van der Waals surface area contributed by atoms with Crippen molar-refractivity contribution in [3.8, 4) is 11.5 Å². The van der Waals surface area contributed by atoms with Crippen molar-refractivity contribution in [2.24, 2.45) is 0 Å². The normalized spacial score (nSPS) is 10.4. The summed E-state index contributed by atoms with van der Waals surface area (Å²) < 4.78 is 11.2. The van der Waals surface area contributed by atoms with Gasteiger partial charge in [0, 0.05) is 0 Å². The van der Waals surface area contributed by atoms with Gasteiger partial charge >= 0.3 is 0 Å². The van der Waals surface area contributed by atoms with Gasteiger partial charge in [-0.05, 0) is 45.0 Å². The molecular weight excluding hydrogens is 278 g/mol. The second kappa shape index (κ2) is 7.50. The molecular formula is C18H21NO3. The average molecular weight is 299 g/mol. The fraction of sp³-hybridized carbons (Fsp3) is 0.278. The molecule has 116 valence electrons. The highest BCUT2D eigenvalue weighted by molar-refractivity contribution is 6.06. The first kappa shape index (κ1) is 15.9. The van der Waals surface area contributed by atoms with Gasteiger partial charge in [-0.15, -0.1) is 0 Å². The summed E-state index contributed by atoms with van der Waals surface area (Å²) in [6.07, 6.45) is 0.00432. The first-order valence-electron chi connectivity index (χ1n) is 7.40. The second-order valence-electron chi connectivity index (χ2n) is 5.05. The van der Waals surface area contributed by atoms with Crippen LogP contribution in [-0.2, 0) is 0 Å². The van der Waals surface area contributed by atoms with Crippen molar-refractivity contribution < 1.29 is 14.3 Å². The molecule has 2 aromatic rings. The van der Waals surface area contributed by atoms with Crippen molar-refractivity contribution in [1.29, 1.82) is 0 Å². The lowest BCUT2D eigenvalue weighted by atomic mass is 10.1. The van der Waals surface area contributed by atoms with Crippen LogP contribution >= 0.6 is 0 Å². The molecule has 0 spiro atoms. The van der Waals surface area contributed by atoms with Gasteiger partial charge in [0.15, 0.2) is 0 Å². The minimum atomic E-state index is -0.219. The quantitative estimate of drug-likeness (QED) is 0.872. The van der Waals surface area contributed by atoms with Crippen LogP contribution in [0.25, 0.3) is 0 Å². The molecule has 2 rings (SSSR count). The summed E-state index contributed by atoms with van der Waals surface area (Å²) in [5, 5.41) is 2.88. The third-order valence-corrected chi connectivity index (χ3v) is 2.93. The zero-order chi connectivity index (χ0) is 15.9. The van der Waals surface area contributed by atoms with Gasteiger partial charge in [-0.2, -0.15) is 0 Å². The lowest BCUT2D eigenvalue weighted by molar-refractivity contribution is 0.102. The summed E-state index contributed by atoms with van der Waals surface area (Å²) in [5.74, 6) is 1.01. The van der Waals surface area contributed by atoms with E-state index in [1.807, 2.05) is 57.2 Å². The highest BCUT2D eigenvalue weighted by Crippen LogP contribution is 2.26. The van der Waals surface area contributed by atoms with E-state index in [-0.39, 0.29) is 12.0 Å². The van der Waals surface area contributed by atoms with Crippen LogP contribution in [0.1, 0.15) is 31.1 Å². The molecule has 0 aromatic heterocycles. The van der Waals surface area contributed by atoms with Crippen molar-refractivity contribution in [2.45, 2.75) is 26.9 Å². The van der Waals surface area contributed by atoms with Crippen LogP contribution in [-0.4, -0.2) is 18.6 Å². The molecule has 0 atom stereocenters. The molecule has 1 N–H and O–H groups in total. The molecule has 0 heterocycles. The van der Waals surface area contributed by atoms with Gasteiger partial charge in [0.2, 0.25) is 0 Å². The summed E-state index contributed by atoms with van der Waals surface area (Å²) >= 11 is 0. The lowest BCUT2D eigenvalue weighted by Gasteiger charge is -2.15. The standard InChI is InChI=1S/C18H21NO3/c1-4-21-17-12-8-6-10-15(17)19-18(20)14-9-5-7-11-16(14)22-13(2)3/h5-13H,4H2,1-3H3,(H,19,20). The van der Waals surface area contributed by atoms with Crippen molar-refractivity contribution in [2.75, 3.05) is 11.9 Å². The van der Waals surface area contributed by atoms with Gasteiger partial charge in [-0.25, -0.2) is 0 Å². The number of rotatable bonds is 6. The topological polar surface area (TPSA) is 47.6 Å². The molecule has 22 heavy (non-hydrogen) atoms. The van der Waals surface area contributed by atoms with E-state index >= 15 is 0 Å². The predicted octanol–water partition coefficient (Wildman–Crippen LogP) is 4.12. The van der Waals surface area contributed by atoms with Gasteiger partial charge < -0.3 is 14.8 Å². The Morgan fingerprint density at radius 1 is 1.05 bits per heavy atom. The van der Waals surface area contributed by atoms with E-state index in [2.05, 4.69) is 5.32 Å². The second-order valence-corrected chi connectivity index (χ2v) is 5.05. The number of hydrogen-bond donors (Lipinski definition) is 1. The van der Waals surface area contributed by atoms with Gasteiger partial charge in [-0.1, -0.05) is 24.3 Å². The first-order chi connectivity index (χ1) is 10.6. The number of carbonyl (C=O) groups excluding carboxylic acids is 1. The molecule has 0 aliphatic heterocycles. The van der Waals surface area contributed by atoms with E-state index in [0.717, 1.165) is 0 Å². The van der Waals surface area contributed by atoms with Gasteiger partial charge in [0.1, 0.15) is 11.5 Å². The molecule has 0 aliphatic carbocycles. The monoisotopic (exact) mass is 299 g/mol. The van der Waals surface area contributed by atoms with Crippen molar-refractivity contribution in [3.63, 3.8) is 0 Å². The number of benzene rings is 2. The minimum Gasteiger partial charge on any atom is -0.492 e. The Balaban J connectivity index is 2.23. The summed E-state index contributed by atoms with van der Waals surface area (Å²) in [6, 6.07) is 14.6. The van der Waals surface area contributed by atoms with Crippen LogP contribution in [0, 0.1) is 0 Å². The molecule has 0 saturated heterocycles. The average Bonchev–Trinajstić information content (AvgIpc) is 2.49. The van der Waals surface area contributed by atoms with E-state index in [1.165, 1.54) is 0 Å². The molecule has 4 nitrogen and oxygen atoms in total. The van der Waals surface area contributed by atoms with Gasteiger partial charge in [0.05, 0.1) is 24.0 Å². The van der Waals surface area contributed by atoms with Crippen LogP contribution in [0.2, 0.25) is 0 Å². The fourth-order valence-electron chi connectivity index (χ4n) is 2.05. The van der Waals surface area contributed by atoms with E-state index in [0.29, 0.717) is 29.4 Å². The Morgan fingerprint density at radius 2 is 1.68 bits per heavy atom. The third-order valence-electron chi connectivity index (χ3n) is 2.93. The maximum atomic E-state index is 12.5. The Hall–Kier alpha value is -2.49. The number of carbonyl (C=O) groups is 1. The Morgan fingerprint density at radius 3 is 2.36 bits per heavy atom. The fourth-order valence-corrected chi connectivity index (χ4v) is 2.05. The van der Waals surface area contributed by atoms with Crippen molar-refractivity contribution >= 4 is 11.6 Å². The molecule has 1 amide bonds. The summed E-state index contributed by atoms with van der Waals surface area (Å²) in [5.41, 5.74) is 1.15. The highest BCUT2D eigenvalue weighted by Gasteiger charge is 2.14. The van der Waals surface area contributed by atoms with Crippen LogP contribution in [0.3, 0.4) is 0 Å². The van der Waals surface area contributed by atoms with Gasteiger partial charge in [-0.3, -0.25) is 4.79 Å². The van der Waals surface area contributed by atoms with Crippen LogP contribution in [0.15, 0.2) is 48.5 Å². The molecule has 0 unspecified atom stereocenters. The highest BCUT2D eigenvalue weighted by atomic mass is 16.5. The van der Waals surface area contributed by atoms with Crippen LogP contribution in [0.4, 0.5) is 5.69 Å². The molecule has 0 radical (unpaired) electrons. The molecule has 0 aliphatic rings. The summed E-state index contributed by atoms with van der Waals surface area (Å²) in [6.45, 7) is 6.31. The molecule has 4 heteroatoms. The van der Waals surface area contributed by atoms with Crippen molar-refractivity contribution in [3.05, 3.63) is 54.1 Å². The SMILES string of the molecule is CCOc1ccccc1NC(=O)c1ccccc1OC(C)C. The number of hydrogen-bond acceptors (Lipinski definition) is 3. The van der Waals surface area contributed by atoms with E-state index in [9.17, 15) is 4.79 Å². The number of nitrogens with one attached hydrogen (secondary N) is 1. The minimum absolute atomic E-state index is 0.00432. The van der Waals surface area contributed by atoms with Gasteiger partial charge in [0.25, 0.3) is 5.91 Å². The smallest absolute Gasteiger partial charge is 0.259 e. The molecule has 0 saturated carbocycles. The Labute approximate surface area is 131 Å². The first-order valence-corrected chi connectivity index (χ1v) is 7.40. The number of ether oxygens (including phenoxy) is 2. The Bertz CT molecular complexity index is 638. The largest absolute Gasteiger partial charge is 0.492 e. The third kappa shape index (κ3) is 4.01. The number of amides is 1. The Kier molecular flexibility index (Phi) is 5.42. The zero-order valence-corrected chi connectivity index (χ0v) is 13.1. The summed E-state index contributed by atoms with van der Waals surface area (Å²) in [7, 11) is 0. The molecule has 2 aromatic carbocycles. The lowest BCUT2D eigenvalue weighted by Crippen LogP contribution is -2.16. The molecule has 0 bridgehead atoms. The maximum Gasteiger partial charge on any atom is 0.259 e. The summed E-state index contributed by atoms with van der Waals surface area (Å²) in [4.78, 5) is 12.5. The van der Waals surface area contributed by atoms with E-state index in [4.69, 9.17) is 9.47 Å². The zero-order valence-electron chi connectivity index (χ0n) is 13.1. The predicted molar refractivity (Wildman–Crippen MR) is 87.8 cm³/mol. The number of para-hydroxylation sites is 3. The van der Waals surface area contributed by atoms with Crippen LogP contribution in [0.5, 0.6) is 11.5 Å². The van der Waals surface area contributed by atoms with Crippen LogP contribution < -0.4 is 14.8 Å². The number of anilines is 1. The molecule has 0 fully saturated rings. The van der Waals surface area contributed by atoms with E-state index in [1.54, 1.807) is 12.1 Å². The van der Waals surface area contributed by atoms with E-state index < -0.39 is 0 Å².